The van der Waals surface area contributed by atoms with Crippen LogP contribution in [-0.4, -0.2) is 14.5 Å². The Bertz CT molecular complexity index is 760. The molecule has 3 rings (SSSR count). The Balaban J connectivity index is 2.04. The first-order chi connectivity index (χ1) is 8.74. The van der Waals surface area contributed by atoms with E-state index in [-0.39, 0.29) is 12.1 Å². The van der Waals surface area contributed by atoms with Crippen LogP contribution in [0.5, 0.6) is 0 Å². The largest absolute Gasteiger partial charge is 0.439 e. The van der Waals surface area contributed by atoms with E-state index >= 15 is 0 Å². The van der Waals surface area contributed by atoms with Crippen LogP contribution in [0.15, 0.2) is 46.0 Å². The van der Waals surface area contributed by atoms with E-state index < -0.39 is 0 Å². The van der Waals surface area contributed by atoms with Gasteiger partial charge in [-0.3, -0.25) is 9.36 Å². The number of oxazole rings is 1. The molecule has 6 heteroatoms. The molecule has 0 aliphatic heterocycles. The number of rotatable bonds is 2. The molecule has 0 unspecified atom stereocenters. The van der Waals surface area contributed by atoms with Crippen LogP contribution in [-0.2, 0) is 6.54 Å². The van der Waals surface area contributed by atoms with Gasteiger partial charge in [0.25, 0.3) is 5.56 Å². The van der Waals surface area contributed by atoms with Crippen molar-refractivity contribution in [3.8, 4) is 0 Å². The van der Waals surface area contributed by atoms with Gasteiger partial charge < -0.3 is 10.2 Å². The smallest absolute Gasteiger partial charge is 0.253 e. The van der Waals surface area contributed by atoms with E-state index in [1.54, 1.807) is 18.2 Å². The maximum Gasteiger partial charge on any atom is 0.253 e. The second-order valence-electron chi connectivity index (χ2n) is 3.85. The summed E-state index contributed by atoms with van der Waals surface area (Å²) in [5.41, 5.74) is 7.42. The highest BCUT2D eigenvalue weighted by molar-refractivity contribution is 5.85. The monoisotopic (exact) mass is 242 g/mol. The number of hydrogen-bond acceptors (Lipinski definition) is 5. The number of nitrogens with two attached hydrogens (primary N) is 1. The average Bonchev–Trinajstić information content (AvgIpc) is 2.76. The maximum atomic E-state index is 11.5. The van der Waals surface area contributed by atoms with Crippen molar-refractivity contribution in [2.45, 2.75) is 6.54 Å². The molecule has 2 N–H and O–H groups in total. The van der Waals surface area contributed by atoms with Crippen molar-refractivity contribution >= 4 is 16.8 Å². The molecule has 1 aromatic carbocycles. The molecule has 90 valence electrons. The van der Waals surface area contributed by atoms with Gasteiger partial charge >= 0.3 is 0 Å². The van der Waals surface area contributed by atoms with Crippen molar-refractivity contribution in [1.29, 1.82) is 0 Å². The molecule has 6 nitrogen and oxygen atoms in total. The zero-order chi connectivity index (χ0) is 12.5. The molecule has 2 heterocycles. The van der Waals surface area contributed by atoms with Gasteiger partial charge in [-0.05, 0) is 12.1 Å². The van der Waals surface area contributed by atoms with Crippen molar-refractivity contribution in [3.63, 3.8) is 0 Å². The van der Waals surface area contributed by atoms with E-state index in [1.165, 1.54) is 23.2 Å². The summed E-state index contributed by atoms with van der Waals surface area (Å²) in [5, 5.41) is 0. The molecule has 0 atom stereocenters. The Morgan fingerprint density at radius 2 is 2.22 bits per heavy atom. The summed E-state index contributed by atoms with van der Waals surface area (Å²) in [7, 11) is 0. The van der Waals surface area contributed by atoms with E-state index in [4.69, 9.17) is 10.2 Å². The highest BCUT2D eigenvalue weighted by atomic mass is 16.3. The molecule has 0 aliphatic carbocycles. The lowest BCUT2D eigenvalue weighted by Crippen LogP contribution is -2.19. The van der Waals surface area contributed by atoms with Gasteiger partial charge in [0.15, 0.2) is 5.58 Å². The van der Waals surface area contributed by atoms with Gasteiger partial charge in [-0.25, -0.2) is 9.97 Å². The molecule has 0 bridgehead atoms. The van der Waals surface area contributed by atoms with Crippen molar-refractivity contribution in [3.05, 3.63) is 53.0 Å². The fraction of sp³-hybridized carbons (Fsp3) is 0.0833. The number of benzene rings is 1. The molecule has 0 amide bonds. The summed E-state index contributed by atoms with van der Waals surface area (Å²) in [5.74, 6) is 0.429. The van der Waals surface area contributed by atoms with Crippen LogP contribution in [0.4, 0.5) is 5.69 Å². The Hall–Kier alpha value is -2.63. The first-order valence-corrected chi connectivity index (χ1v) is 5.38. The third-order valence-electron chi connectivity index (χ3n) is 2.59. The van der Waals surface area contributed by atoms with E-state index in [9.17, 15) is 4.79 Å². The minimum atomic E-state index is -0.153. The molecule has 0 radical (unpaired) electrons. The molecular weight excluding hydrogens is 232 g/mol. The minimum Gasteiger partial charge on any atom is -0.439 e. The fourth-order valence-corrected chi connectivity index (χ4v) is 1.73. The first kappa shape index (κ1) is 10.5. The summed E-state index contributed by atoms with van der Waals surface area (Å²) >= 11 is 0. The summed E-state index contributed by atoms with van der Waals surface area (Å²) < 4.78 is 6.95. The molecule has 0 saturated carbocycles. The quantitative estimate of drug-likeness (QED) is 0.678. The third kappa shape index (κ3) is 1.73. The topological polar surface area (TPSA) is 86.9 Å². The first-order valence-electron chi connectivity index (χ1n) is 5.38. The lowest BCUT2D eigenvalue weighted by atomic mass is 10.3. The highest BCUT2D eigenvalue weighted by Gasteiger charge is 2.08. The summed E-state index contributed by atoms with van der Waals surface area (Å²) in [6.07, 6.45) is 2.89. The van der Waals surface area contributed by atoms with Crippen LogP contribution in [0.2, 0.25) is 0 Å². The van der Waals surface area contributed by atoms with Gasteiger partial charge in [-0.15, -0.1) is 0 Å². The predicted molar refractivity (Wildman–Crippen MR) is 66.0 cm³/mol. The van der Waals surface area contributed by atoms with Gasteiger partial charge in [0.05, 0.1) is 12.0 Å². The summed E-state index contributed by atoms with van der Waals surface area (Å²) in [6, 6.07) is 6.72. The second-order valence-corrected chi connectivity index (χ2v) is 3.85. The molecule has 0 aliphatic rings. The molecule has 18 heavy (non-hydrogen) atoms. The summed E-state index contributed by atoms with van der Waals surface area (Å²) in [6.45, 7) is 0.237. The second kappa shape index (κ2) is 3.99. The van der Waals surface area contributed by atoms with Crippen LogP contribution in [0.25, 0.3) is 11.1 Å². The van der Waals surface area contributed by atoms with E-state index in [0.29, 0.717) is 22.7 Å². The Morgan fingerprint density at radius 3 is 3.00 bits per heavy atom. The number of fused-ring (bicyclic) bond motifs is 1. The third-order valence-corrected chi connectivity index (χ3v) is 2.59. The van der Waals surface area contributed by atoms with Crippen molar-refractivity contribution in [2.24, 2.45) is 0 Å². The normalized spacial score (nSPS) is 10.9. The van der Waals surface area contributed by atoms with Crippen LogP contribution in [0.1, 0.15) is 5.89 Å². The SMILES string of the molecule is Nc1cccc2oc(Cn3cnccc3=O)nc12. The highest BCUT2D eigenvalue weighted by Crippen LogP contribution is 2.21. The predicted octanol–water partition coefficient (Wildman–Crippen LogP) is 1.01. The zero-order valence-corrected chi connectivity index (χ0v) is 9.41. The summed E-state index contributed by atoms with van der Waals surface area (Å²) in [4.78, 5) is 19.7. The number of anilines is 1. The molecule has 2 aromatic heterocycles. The molecule has 0 saturated heterocycles. The van der Waals surface area contributed by atoms with Gasteiger partial charge in [-0.2, -0.15) is 0 Å². The van der Waals surface area contributed by atoms with E-state index in [0.717, 1.165) is 0 Å². The van der Waals surface area contributed by atoms with Gasteiger partial charge in [0.1, 0.15) is 12.1 Å². The molecule has 0 fully saturated rings. The Morgan fingerprint density at radius 1 is 1.33 bits per heavy atom. The van der Waals surface area contributed by atoms with Crippen molar-refractivity contribution in [1.82, 2.24) is 14.5 Å². The number of aromatic nitrogens is 3. The maximum absolute atomic E-state index is 11.5. The lowest BCUT2D eigenvalue weighted by Gasteiger charge is -1.98. The van der Waals surface area contributed by atoms with Crippen LogP contribution in [0, 0.1) is 0 Å². The Kier molecular flexibility index (Phi) is 2.33. The lowest BCUT2D eigenvalue weighted by molar-refractivity contribution is 0.502. The molecule has 0 spiro atoms. The minimum absolute atomic E-state index is 0.153. The van der Waals surface area contributed by atoms with Gasteiger partial charge in [-0.1, -0.05) is 6.07 Å². The average molecular weight is 242 g/mol. The zero-order valence-electron chi connectivity index (χ0n) is 9.41. The standard InChI is InChI=1S/C12H10N4O2/c13-8-2-1-3-9-12(8)15-10(18-9)6-16-7-14-5-4-11(16)17/h1-5,7H,6,13H2. The van der Waals surface area contributed by atoms with Crippen LogP contribution >= 0.6 is 0 Å². The van der Waals surface area contributed by atoms with E-state index in [1.807, 2.05) is 0 Å². The van der Waals surface area contributed by atoms with E-state index in [2.05, 4.69) is 9.97 Å². The molecular formula is C12H10N4O2. The van der Waals surface area contributed by atoms with Gasteiger partial charge in [0, 0.05) is 12.3 Å². The van der Waals surface area contributed by atoms with Crippen LogP contribution in [0.3, 0.4) is 0 Å². The van der Waals surface area contributed by atoms with Crippen molar-refractivity contribution in [2.75, 3.05) is 5.73 Å². The number of nitrogens with zero attached hydrogens (tertiary/aromatic N) is 3. The number of hydrogen-bond donors (Lipinski definition) is 1. The van der Waals surface area contributed by atoms with Crippen molar-refractivity contribution < 1.29 is 4.42 Å². The van der Waals surface area contributed by atoms with Crippen LogP contribution < -0.4 is 11.3 Å². The number of para-hydroxylation sites is 1. The van der Waals surface area contributed by atoms with Gasteiger partial charge in [0.2, 0.25) is 5.89 Å². The number of nitrogen functional groups attached to an aromatic ring is 1. The molecule has 3 aromatic rings. The fourth-order valence-electron chi connectivity index (χ4n) is 1.73. The Labute approximate surface area is 102 Å².